The molecule has 0 saturated heterocycles. The summed E-state index contributed by atoms with van der Waals surface area (Å²) in [5, 5.41) is 46.9. The summed E-state index contributed by atoms with van der Waals surface area (Å²) in [5.74, 6) is -2.73. The summed E-state index contributed by atoms with van der Waals surface area (Å²) in [5.41, 5.74) is 0. The van der Waals surface area contributed by atoms with Crippen molar-refractivity contribution in [3.8, 4) is 0 Å². The maximum Gasteiger partial charge on any atom is 0.335 e. The van der Waals surface area contributed by atoms with Crippen LogP contribution in [-0.2, 0) is 9.59 Å². The van der Waals surface area contributed by atoms with Crippen LogP contribution < -0.4 is 5.32 Å². The van der Waals surface area contributed by atoms with Crippen LogP contribution in [0.2, 0.25) is 0 Å². The van der Waals surface area contributed by atoms with Crippen molar-refractivity contribution in [1.82, 2.24) is 5.32 Å². The number of amides is 1. The van der Waals surface area contributed by atoms with Gasteiger partial charge in [0.2, 0.25) is 0 Å². The Morgan fingerprint density at radius 1 is 1.06 bits per heavy atom. The van der Waals surface area contributed by atoms with E-state index >= 15 is 0 Å². The molecule has 0 heterocycles. The smallest absolute Gasteiger partial charge is 0.335 e. The summed E-state index contributed by atoms with van der Waals surface area (Å²) in [4.78, 5) is 21.3. The molecule has 0 aromatic rings. The number of carbonyl (C=O) groups is 2. The zero-order chi connectivity index (χ0) is 12.9. The highest BCUT2D eigenvalue weighted by Gasteiger charge is 2.37. The number of aliphatic carboxylic acids is 1. The van der Waals surface area contributed by atoms with E-state index in [1.54, 1.807) is 6.92 Å². The third kappa shape index (κ3) is 3.74. The van der Waals surface area contributed by atoms with Crippen molar-refractivity contribution in [3.05, 3.63) is 0 Å². The predicted octanol–water partition coefficient (Wildman–Crippen LogP) is -3.35. The first-order chi connectivity index (χ1) is 7.32. The minimum atomic E-state index is -2.28. The molecule has 16 heavy (non-hydrogen) atoms. The Bertz CT molecular complexity index is 257. The first kappa shape index (κ1) is 14.8. The van der Waals surface area contributed by atoms with Crippen molar-refractivity contribution in [2.75, 3.05) is 6.54 Å². The molecule has 3 unspecified atom stereocenters. The van der Waals surface area contributed by atoms with E-state index in [0.29, 0.717) is 0 Å². The number of carbonyl (C=O) groups excluding carboxylic acids is 1. The molecule has 0 aliphatic heterocycles. The van der Waals surface area contributed by atoms with Crippen molar-refractivity contribution in [3.63, 3.8) is 0 Å². The van der Waals surface area contributed by atoms with Crippen LogP contribution in [0, 0.1) is 0 Å². The van der Waals surface area contributed by atoms with E-state index in [-0.39, 0.29) is 6.54 Å². The van der Waals surface area contributed by atoms with Gasteiger partial charge in [0, 0.05) is 6.54 Å². The molecule has 8 heteroatoms. The molecule has 0 aromatic carbocycles. The third-order valence-electron chi connectivity index (χ3n) is 1.87. The highest BCUT2D eigenvalue weighted by Crippen LogP contribution is 2.05. The number of likely N-dealkylation sites (N-methyl/N-ethyl adjacent to an activating group) is 1. The fraction of sp³-hybridized carbons (Fsp3) is 0.750. The van der Waals surface area contributed by atoms with E-state index in [1.807, 2.05) is 0 Å². The van der Waals surface area contributed by atoms with Gasteiger partial charge in [0.15, 0.2) is 12.2 Å². The minimum absolute atomic E-state index is 0.195. The molecule has 0 spiro atoms. The molecule has 0 fully saturated rings. The Hall–Kier alpha value is -1.22. The van der Waals surface area contributed by atoms with Gasteiger partial charge in [-0.2, -0.15) is 0 Å². The highest BCUT2D eigenvalue weighted by atomic mass is 16.4. The van der Waals surface area contributed by atoms with Crippen LogP contribution in [-0.4, -0.2) is 68.4 Å². The lowest BCUT2D eigenvalue weighted by molar-refractivity contribution is -0.166. The zero-order valence-electron chi connectivity index (χ0n) is 8.57. The highest BCUT2D eigenvalue weighted by molar-refractivity contribution is 5.81. The van der Waals surface area contributed by atoms with Gasteiger partial charge < -0.3 is 30.8 Å². The molecule has 4 atom stereocenters. The number of nitrogens with one attached hydrogen (secondary N) is 1. The normalized spacial score (nSPS) is 18.3. The fourth-order valence-electron chi connectivity index (χ4n) is 0.954. The van der Waals surface area contributed by atoms with Crippen molar-refractivity contribution >= 4 is 11.9 Å². The second-order valence-electron chi connectivity index (χ2n) is 3.10. The summed E-state index contributed by atoms with van der Waals surface area (Å²) in [7, 11) is 0. The van der Waals surface area contributed by atoms with Gasteiger partial charge in [-0.05, 0) is 6.92 Å². The predicted molar refractivity (Wildman–Crippen MR) is 50.3 cm³/mol. The van der Waals surface area contributed by atoms with Gasteiger partial charge >= 0.3 is 5.97 Å². The molecule has 0 aromatic heterocycles. The molecule has 0 bridgehead atoms. The number of carboxylic acid groups (broad SMARTS) is 1. The summed E-state index contributed by atoms with van der Waals surface area (Å²) < 4.78 is 0. The van der Waals surface area contributed by atoms with Gasteiger partial charge in [-0.15, -0.1) is 0 Å². The molecular formula is C8H15NO7. The van der Waals surface area contributed by atoms with Gasteiger partial charge in [0.1, 0.15) is 12.2 Å². The van der Waals surface area contributed by atoms with E-state index in [0.717, 1.165) is 0 Å². The first-order valence-electron chi connectivity index (χ1n) is 4.55. The molecule has 94 valence electrons. The Morgan fingerprint density at radius 2 is 1.50 bits per heavy atom. The van der Waals surface area contributed by atoms with E-state index in [2.05, 4.69) is 5.32 Å². The number of hydrogen-bond acceptors (Lipinski definition) is 6. The largest absolute Gasteiger partial charge is 0.479 e. The van der Waals surface area contributed by atoms with Gasteiger partial charge in [-0.25, -0.2) is 4.79 Å². The van der Waals surface area contributed by atoms with Crippen LogP contribution in [0.1, 0.15) is 6.92 Å². The first-order valence-corrected chi connectivity index (χ1v) is 4.55. The average Bonchev–Trinajstić information content (AvgIpc) is 2.25. The van der Waals surface area contributed by atoms with Crippen LogP contribution in [0.3, 0.4) is 0 Å². The van der Waals surface area contributed by atoms with Gasteiger partial charge in [-0.1, -0.05) is 0 Å². The molecule has 0 radical (unpaired) electrons. The van der Waals surface area contributed by atoms with Crippen molar-refractivity contribution in [2.45, 2.75) is 31.3 Å². The summed E-state index contributed by atoms with van der Waals surface area (Å²) in [6.07, 6.45) is -8.53. The second kappa shape index (κ2) is 6.38. The van der Waals surface area contributed by atoms with E-state index in [1.165, 1.54) is 0 Å². The number of hydrogen-bond donors (Lipinski definition) is 6. The molecule has 0 rings (SSSR count). The lowest BCUT2D eigenvalue weighted by Crippen LogP contribution is -2.52. The maximum atomic E-state index is 11.0. The van der Waals surface area contributed by atoms with Crippen LogP contribution >= 0.6 is 0 Å². The molecule has 0 aliphatic rings. The second-order valence-corrected chi connectivity index (χ2v) is 3.10. The summed E-state index contributed by atoms with van der Waals surface area (Å²) >= 11 is 0. The Kier molecular flexibility index (Phi) is 5.89. The fourth-order valence-corrected chi connectivity index (χ4v) is 0.954. The number of rotatable bonds is 6. The van der Waals surface area contributed by atoms with Gasteiger partial charge in [0.25, 0.3) is 5.91 Å². The average molecular weight is 237 g/mol. The van der Waals surface area contributed by atoms with Gasteiger partial charge in [-0.3, -0.25) is 4.79 Å². The SMILES string of the molecule is CCNC(=O)C(O)C(O)C(O)[C@@H](O)C(=O)O. The van der Waals surface area contributed by atoms with Crippen molar-refractivity contribution in [2.24, 2.45) is 0 Å². The number of aliphatic hydroxyl groups is 4. The standard InChI is InChI=1S/C8H15NO7/c1-2-9-7(14)5(12)3(10)4(11)6(13)8(15)16/h3-6,10-13H,2H2,1H3,(H,9,14)(H,15,16)/t3?,4?,5?,6-/m1/s1. The summed E-state index contributed by atoms with van der Waals surface area (Å²) in [6, 6.07) is 0. The quantitative estimate of drug-likeness (QED) is 0.283. The van der Waals surface area contributed by atoms with Crippen molar-refractivity contribution in [1.29, 1.82) is 0 Å². The Morgan fingerprint density at radius 3 is 1.88 bits per heavy atom. The van der Waals surface area contributed by atoms with E-state index in [4.69, 9.17) is 15.3 Å². The van der Waals surface area contributed by atoms with Crippen LogP contribution in [0.4, 0.5) is 0 Å². The Labute approximate surface area is 91.1 Å². The lowest BCUT2D eigenvalue weighted by atomic mass is 10.0. The van der Waals surface area contributed by atoms with Crippen LogP contribution in [0.25, 0.3) is 0 Å². The van der Waals surface area contributed by atoms with Crippen LogP contribution in [0.5, 0.6) is 0 Å². The van der Waals surface area contributed by atoms with Crippen molar-refractivity contribution < 1.29 is 35.1 Å². The van der Waals surface area contributed by atoms with E-state index in [9.17, 15) is 19.8 Å². The topological polar surface area (TPSA) is 147 Å². The monoisotopic (exact) mass is 237 g/mol. The molecule has 8 nitrogen and oxygen atoms in total. The molecule has 1 amide bonds. The maximum absolute atomic E-state index is 11.0. The molecule has 6 N–H and O–H groups in total. The summed E-state index contributed by atoms with van der Waals surface area (Å²) in [6.45, 7) is 1.76. The number of aliphatic hydroxyl groups excluding tert-OH is 4. The third-order valence-corrected chi connectivity index (χ3v) is 1.87. The molecular weight excluding hydrogens is 222 g/mol. The van der Waals surface area contributed by atoms with Gasteiger partial charge in [0.05, 0.1) is 0 Å². The van der Waals surface area contributed by atoms with E-state index < -0.39 is 36.3 Å². The Balaban J connectivity index is 4.47. The molecule has 0 saturated carbocycles. The zero-order valence-corrected chi connectivity index (χ0v) is 8.57. The molecule has 0 aliphatic carbocycles. The van der Waals surface area contributed by atoms with Crippen LogP contribution in [0.15, 0.2) is 0 Å². The lowest BCUT2D eigenvalue weighted by Gasteiger charge is -2.23. The number of carboxylic acids is 1. The minimum Gasteiger partial charge on any atom is -0.479 e.